The van der Waals surface area contributed by atoms with Crippen LogP contribution in [-0.2, 0) is 0 Å². The summed E-state index contributed by atoms with van der Waals surface area (Å²) in [6.45, 7) is 3.58. The largest absolute Gasteiger partial charge is 0.497 e. The molecule has 0 saturated heterocycles. The number of hydrogen-bond acceptors (Lipinski definition) is 2. The molecule has 1 aromatic rings. The summed E-state index contributed by atoms with van der Waals surface area (Å²) in [6.07, 6.45) is 0. The molecule has 0 amide bonds. The molecular weight excluding hydrogens is 156 g/mol. The summed E-state index contributed by atoms with van der Waals surface area (Å²) in [5.74, 6) is -0.460. The predicted octanol–water partition coefficient (Wildman–Crippen LogP) is 1.58. The first-order chi connectivity index (χ1) is 5.65. The van der Waals surface area contributed by atoms with Crippen LogP contribution in [0.25, 0.3) is 0 Å². The maximum absolute atomic E-state index is 10.6. The summed E-state index contributed by atoms with van der Waals surface area (Å²) in [7, 11) is 1.49. The molecule has 1 radical (unpaired) electrons. The first kappa shape index (κ1) is 8.59. The Balaban J connectivity index is 3.17. The summed E-state index contributed by atoms with van der Waals surface area (Å²) in [4.78, 5) is 10.6. The summed E-state index contributed by atoms with van der Waals surface area (Å²) in [5.41, 5.74) is 0.664. The van der Waals surface area contributed by atoms with E-state index in [-0.39, 0.29) is 5.56 Å². The maximum Gasteiger partial charge on any atom is 0.336 e. The molecule has 1 N–H and O–H groups in total. The van der Waals surface area contributed by atoms with Gasteiger partial charge >= 0.3 is 5.97 Å². The summed E-state index contributed by atoms with van der Waals surface area (Å²) >= 11 is 0. The van der Waals surface area contributed by atoms with Crippen LogP contribution in [0, 0.1) is 6.92 Å². The zero-order valence-corrected chi connectivity index (χ0v) is 6.70. The van der Waals surface area contributed by atoms with Gasteiger partial charge in [-0.15, -0.1) is 0 Å². The van der Waals surface area contributed by atoms with Crippen molar-refractivity contribution in [2.24, 2.45) is 0 Å². The fraction of sp³-hybridized carbons (Fsp3) is 0.111. The third-order valence-electron chi connectivity index (χ3n) is 1.55. The second kappa shape index (κ2) is 3.26. The number of carbonyl (C=O) groups is 1. The highest BCUT2D eigenvalue weighted by Gasteiger charge is 2.07. The van der Waals surface area contributed by atoms with E-state index in [0.29, 0.717) is 11.3 Å². The number of aromatic carboxylic acids is 1. The molecule has 0 aliphatic rings. The van der Waals surface area contributed by atoms with E-state index in [1.54, 1.807) is 12.1 Å². The molecule has 0 aromatic heterocycles. The Morgan fingerprint density at radius 2 is 2.25 bits per heavy atom. The molecule has 0 aliphatic heterocycles. The number of benzene rings is 1. The van der Waals surface area contributed by atoms with E-state index in [9.17, 15) is 4.79 Å². The number of methoxy groups -OCH3 is 1. The predicted molar refractivity (Wildman–Crippen MR) is 44.4 cm³/mol. The van der Waals surface area contributed by atoms with Gasteiger partial charge in [0.25, 0.3) is 0 Å². The van der Waals surface area contributed by atoms with E-state index in [0.717, 1.165) is 0 Å². The van der Waals surface area contributed by atoms with Gasteiger partial charge in [-0.1, -0.05) is 6.07 Å². The number of carboxylic acid groups (broad SMARTS) is 1. The van der Waals surface area contributed by atoms with Gasteiger partial charge in [0.05, 0.1) is 12.7 Å². The van der Waals surface area contributed by atoms with Crippen molar-refractivity contribution < 1.29 is 14.6 Å². The highest BCUT2D eigenvalue weighted by Crippen LogP contribution is 2.16. The lowest BCUT2D eigenvalue weighted by Gasteiger charge is -2.03. The van der Waals surface area contributed by atoms with Gasteiger partial charge in [-0.2, -0.15) is 0 Å². The Kier molecular flexibility index (Phi) is 2.33. The number of ether oxygens (including phenoxy) is 1. The topological polar surface area (TPSA) is 46.5 Å². The minimum atomic E-state index is -0.987. The normalized spacial score (nSPS) is 9.50. The first-order valence-corrected chi connectivity index (χ1v) is 3.38. The lowest BCUT2D eigenvalue weighted by Crippen LogP contribution is -1.99. The summed E-state index contributed by atoms with van der Waals surface area (Å²) in [6, 6.07) is 4.74. The van der Waals surface area contributed by atoms with Crippen molar-refractivity contribution in [3.63, 3.8) is 0 Å². The van der Waals surface area contributed by atoms with Gasteiger partial charge in [-0.3, -0.25) is 0 Å². The van der Waals surface area contributed by atoms with Crippen LogP contribution < -0.4 is 4.74 Å². The Morgan fingerprint density at radius 1 is 1.58 bits per heavy atom. The fourth-order valence-electron chi connectivity index (χ4n) is 0.882. The van der Waals surface area contributed by atoms with Crippen molar-refractivity contribution >= 4 is 5.97 Å². The van der Waals surface area contributed by atoms with Crippen LogP contribution in [0.3, 0.4) is 0 Å². The van der Waals surface area contributed by atoms with Crippen LogP contribution in [0.5, 0.6) is 5.75 Å². The van der Waals surface area contributed by atoms with E-state index < -0.39 is 5.97 Å². The molecule has 0 saturated carbocycles. The molecule has 0 aliphatic carbocycles. The van der Waals surface area contributed by atoms with Gasteiger partial charge in [0.15, 0.2) is 0 Å². The number of rotatable bonds is 2. The van der Waals surface area contributed by atoms with Gasteiger partial charge in [-0.25, -0.2) is 4.79 Å². The van der Waals surface area contributed by atoms with Crippen LogP contribution in [0.2, 0.25) is 0 Å². The van der Waals surface area contributed by atoms with E-state index in [2.05, 4.69) is 6.92 Å². The molecule has 0 atom stereocenters. The molecule has 0 bridgehead atoms. The van der Waals surface area contributed by atoms with E-state index in [4.69, 9.17) is 9.84 Å². The molecule has 3 nitrogen and oxygen atoms in total. The van der Waals surface area contributed by atoms with Crippen molar-refractivity contribution in [3.05, 3.63) is 36.2 Å². The second-order valence-electron chi connectivity index (χ2n) is 2.33. The van der Waals surface area contributed by atoms with Crippen molar-refractivity contribution in [2.45, 2.75) is 0 Å². The third kappa shape index (κ3) is 1.56. The molecule has 0 unspecified atom stereocenters. The lowest BCUT2D eigenvalue weighted by atomic mass is 10.1. The maximum atomic E-state index is 10.6. The average Bonchev–Trinajstić information content (AvgIpc) is 2.05. The third-order valence-corrected chi connectivity index (χ3v) is 1.55. The van der Waals surface area contributed by atoms with E-state index >= 15 is 0 Å². The molecule has 0 fully saturated rings. The Hall–Kier alpha value is -1.51. The highest BCUT2D eigenvalue weighted by atomic mass is 16.5. The van der Waals surface area contributed by atoms with Crippen LogP contribution in [-0.4, -0.2) is 18.2 Å². The standard InChI is InChI=1S/C9H9O3/c1-6-3-4-7(12-2)5-8(6)9(10)11/h3-5H,1H2,2H3,(H,10,11). The quantitative estimate of drug-likeness (QED) is 0.723. The monoisotopic (exact) mass is 165 g/mol. The molecule has 3 heteroatoms. The van der Waals surface area contributed by atoms with Gasteiger partial charge < -0.3 is 9.84 Å². The zero-order chi connectivity index (χ0) is 9.14. The summed E-state index contributed by atoms with van der Waals surface area (Å²) in [5, 5.41) is 8.69. The molecule has 63 valence electrons. The van der Waals surface area contributed by atoms with Gasteiger partial charge in [0, 0.05) is 0 Å². The first-order valence-electron chi connectivity index (χ1n) is 3.38. The zero-order valence-electron chi connectivity index (χ0n) is 6.70. The molecular formula is C9H9O3. The second-order valence-corrected chi connectivity index (χ2v) is 2.33. The van der Waals surface area contributed by atoms with Crippen molar-refractivity contribution in [1.29, 1.82) is 0 Å². The molecule has 0 spiro atoms. The number of carboxylic acids is 1. The molecule has 0 heterocycles. The average molecular weight is 165 g/mol. The number of hydrogen-bond donors (Lipinski definition) is 1. The minimum absolute atomic E-state index is 0.175. The van der Waals surface area contributed by atoms with Crippen molar-refractivity contribution in [1.82, 2.24) is 0 Å². The molecule has 1 aromatic carbocycles. The SMILES string of the molecule is [CH2]c1ccc(OC)cc1C(=O)O. The Labute approximate surface area is 70.6 Å². The minimum Gasteiger partial charge on any atom is -0.497 e. The van der Waals surface area contributed by atoms with Crippen LogP contribution in [0.15, 0.2) is 18.2 Å². The van der Waals surface area contributed by atoms with Crippen molar-refractivity contribution in [3.8, 4) is 5.75 Å². The van der Waals surface area contributed by atoms with Crippen molar-refractivity contribution in [2.75, 3.05) is 7.11 Å². The smallest absolute Gasteiger partial charge is 0.336 e. The highest BCUT2D eigenvalue weighted by molar-refractivity contribution is 5.90. The molecule has 1 rings (SSSR count). The Morgan fingerprint density at radius 3 is 2.75 bits per heavy atom. The van der Waals surface area contributed by atoms with E-state index in [1.807, 2.05) is 0 Å². The molecule has 12 heavy (non-hydrogen) atoms. The van der Waals surface area contributed by atoms with Crippen LogP contribution in [0.4, 0.5) is 0 Å². The Bertz CT molecular complexity index is 305. The van der Waals surface area contributed by atoms with Crippen LogP contribution in [0.1, 0.15) is 15.9 Å². The van der Waals surface area contributed by atoms with Gasteiger partial charge in [0.1, 0.15) is 5.75 Å². The lowest BCUT2D eigenvalue weighted by molar-refractivity contribution is 0.0696. The fourth-order valence-corrected chi connectivity index (χ4v) is 0.882. The summed E-state index contributed by atoms with van der Waals surface area (Å²) < 4.78 is 4.87. The van der Waals surface area contributed by atoms with Crippen LogP contribution >= 0.6 is 0 Å². The van der Waals surface area contributed by atoms with Gasteiger partial charge in [-0.05, 0) is 24.6 Å². The van der Waals surface area contributed by atoms with E-state index in [1.165, 1.54) is 13.2 Å². The van der Waals surface area contributed by atoms with Gasteiger partial charge in [0.2, 0.25) is 0 Å².